The van der Waals surface area contributed by atoms with Gasteiger partial charge in [0.25, 0.3) is 0 Å². The second kappa shape index (κ2) is 4.30. The van der Waals surface area contributed by atoms with Gasteiger partial charge in [0.15, 0.2) is 0 Å². The van der Waals surface area contributed by atoms with Gasteiger partial charge < -0.3 is 10.2 Å². The molecule has 0 bridgehead atoms. The maximum atomic E-state index is 9.93. The van der Waals surface area contributed by atoms with E-state index in [4.69, 9.17) is 0 Å². The standard InChI is InChI=1S/C13H22O2/c1-9(2)7-8-13(4)10(3)11(14)5-6-12(13)15/h5-6,9-10,14-15H,7-8H2,1-4H3. The second-order valence-corrected chi connectivity index (χ2v) is 5.22. The van der Waals surface area contributed by atoms with Gasteiger partial charge >= 0.3 is 0 Å². The molecule has 2 heteroatoms. The number of aliphatic hydroxyl groups is 2. The number of rotatable bonds is 3. The Morgan fingerprint density at radius 1 is 1.33 bits per heavy atom. The fraction of sp³-hybridized carbons (Fsp3) is 0.692. The zero-order valence-electron chi connectivity index (χ0n) is 10.1. The molecule has 0 aromatic heterocycles. The first-order chi connectivity index (χ1) is 6.88. The minimum atomic E-state index is -0.302. The molecule has 0 saturated heterocycles. The number of aliphatic hydroxyl groups excluding tert-OH is 2. The molecule has 1 aliphatic carbocycles. The highest BCUT2D eigenvalue weighted by molar-refractivity contribution is 5.25. The van der Waals surface area contributed by atoms with Gasteiger partial charge in [-0.3, -0.25) is 0 Å². The maximum absolute atomic E-state index is 9.93. The number of hydrogen-bond acceptors (Lipinski definition) is 2. The van der Waals surface area contributed by atoms with Gasteiger partial charge in [-0.2, -0.15) is 0 Å². The maximum Gasteiger partial charge on any atom is 0.0989 e. The summed E-state index contributed by atoms with van der Waals surface area (Å²) in [6, 6.07) is 0. The fourth-order valence-electron chi connectivity index (χ4n) is 1.98. The quantitative estimate of drug-likeness (QED) is 0.740. The first-order valence-electron chi connectivity index (χ1n) is 5.68. The Morgan fingerprint density at radius 2 is 1.93 bits per heavy atom. The molecule has 0 fully saturated rings. The van der Waals surface area contributed by atoms with Crippen molar-refractivity contribution in [2.75, 3.05) is 0 Å². The molecule has 0 aromatic carbocycles. The van der Waals surface area contributed by atoms with Crippen LogP contribution in [0.5, 0.6) is 0 Å². The van der Waals surface area contributed by atoms with Crippen LogP contribution in [-0.4, -0.2) is 10.2 Å². The lowest BCUT2D eigenvalue weighted by molar-refractivity contribution is 0.125. The van der Waals surface area contributed by atoms with E-state index in [1.807, 2.05) is 13.8 Å². The molecule has 1 rings (SSSR count). The van der Waals surface area contributed by atoms with Gasteiger partial charge in [-0.25, -0.2) is 0 Å². The molecule has 0 radical (unpaired) electrons. The Labute approximate surface area is 92.3 Å². The molecule has 0 spiro atoms. The first kappa shape index (κ1) is 12.2. The van der Waals surface area contributed by atoms with Crippen LogP contribution in [0.25, 0.3) is 0 Å². The van der Waals surface area contributed by atoms with Crippen molar-refractivity contribution in [2.45, 2.75) is 40.5 Å². The molecule has 0 saturated carbocycles. The number of hydrogen-bond donors (Lipinski definition) is 2. The summed E-state index contributed by atoms with van der Waals surface area (Å²) in [7, 11) is 0. The molecule has 2 unspecified atom stereocenters. The predicted octanol–water partition coefficient (Wildman–Crippen LogP) is 3.96. The van der Waals surface area contributed by atoms with Crippen molar-refractivity contribution in [2.24, 2.45) is 17.3 Å². The van der Waals surface area contributed by atoms with Crippen molar-refractivity contribution in [3.8, 4) is 0 Å². The SMILES string of the molecule is CC(C)CCC1(C)C(O)=CC=C(O)C1C. The van der Waals surface area contributed by atoms with Crippen LogP contribution in [0.2, 0.25) is 0 Å². The van der Waals surface area contributed by atoms with E-state index in [9.17, 15) is 10.2 Å². The Kier molecular flexibility index (Phi) is 3.48. The van der Waals surface area contributed by atoms with E-state index in [0.717, 1.165) is 12.8 Å². The number of allylic oxidation sites excluding steroid dienone is 4. The van der Waals surface area contributed by atoms with Gasteiger partial charge in [0.05, 0.1) is 11.5 Å². The van der Waals surface area contributed by atoms with Crippen LogP contribution >= 0.6 is 0 Å². The molecule has 2 nitrogen and oxygen atoms in total. The molecular formula is C13H22O2. The summed E-state index contributed by atoms with van der Waals surface area (Å²) in [5.41, 5.74) is -0.302. The van der Waals surface area contributed by atoms with E-state index in [-0.39, 0.29) is 11.3 Å². The van der Waals surface area contributed by atoms with Crippen molar-refractivity contribution in [1.82, 2.24) is 0 Å². The molecule has 0 aromatic rings. The summed E-state index contributed by atoms with van der Waals surface area (Å²) in [6.07, 6.45) is 5.19. The Bertz CT molecular complexity index is 289. The third-order valence-corrected chi connectivity index (χ3v) is 3.64. The zero-order chi connectivity index (χ0) is 11.6. The van der Waals surface area contributed by atoms with Gasteiger partial charge in [0.1, 0.15) is 0 Å². The van der Waals surface area contributed by atoms with E-state index in [2.05, 4.69) is 13.8 Å². The molecule has 86 valence electrons. The molecule has 0 aliphatic heterocycles. The van der Waals surface area contributed by atoms with E-state index < -0.39 is 0 Å². The smallest absolute Gasteiger partial charge is 0.0989 e. The second-order valence-electron chi connectivity index (χ2n) is 5.22. The third kappa shape index (κ3) is 2.36. The van der Waals surface area contributed by atoms with E-state index >= 15 is 0 Å². The molecule has 2 N–H and O–H groups in total. The average Bonchev–Trinajstić information content (AvgIpc) is 2.18. The van der Waals surface area contributed by atoms with Crippen LogP contribution in [0.4, 0.5) is 0 Å². The lowest BCUT2D eigenvalue weighted by Gasteiger charge is -2.37. The first-order valence-corrected chi connectivity index (χ1v) is 5.68. The van der Waals surface area contributed by atoms with Gasteiger partial charge in [0.2, 0.25) is 0 Å². The summed E-state index contributed by atoms with van der Waals surface area (Å²) < 4.78 is 0. The van der Waals surface area contributed by atoms with Crippen molar-refractivity contribution in [1.29, 1.82) is 0 Å². The molecular weight excluding hydrogens is 188 g/mol. The predicted molar refractivity (Wildman–Crippen MR) is 62.8 cm³/mol. The molecule has 0 amide bonds. The molecule has 0 heterocycles. The minimum absolute atomic E-state index is 0.00116. The molecule has 15 heavy (non-hydrogen) atoms. The fourth-order valence-corrected chi connectivity index (χ4v) is 1.98. The van der Waals surface area contributed by atoms with Crippen LogP contribution in [-0.2, 0) is 0 Å². The summed E-state index contributed by atoms with van der Waals surface area (Å²) in [5.74, 6) is 1.39. The van der Waals surface area contributed by atoms with Crippen molar-refractivity contribution in [3.63, 3.8) is 0 Å². The highest BCUT2D eigenvalue weighted by atomic mass is 16.3. The van der Waals surface area contributed by atoms with Gasteiger partial charge in [-0.1, -0.05) is 27.7 Å². The molecule has 2 atom stereocenters. The van der Waals surface area contributed by atoms with Gasteiger partial charge in [-0.15, -0.1) is 0 Å². The average molecular weight is 210 g/mol. The monoisotopic (exact) mass is 210 g/mol. The summed E-state index contributed by atoms with van der Waals surface area (Å²) >= 11 is 0. The highest BCUT2D eigenvalue weighted by Crippen LogP contribution is 2.44. The lowest BCUT2D eigenvalue weighted by Crippen LogP contribution is -2.31. The lowest BCUT2D eigenvalue weighted by atomic mass is 9.69. The molecule has 1 aliphatic rings. The zero-order valence-corrected chi connectivity index (χ0v) is 10.1. The van der Waals surface area contributed by atoms with Crippen molar-refractivity contribution in [3.05, 3.63) is 23.7 Å². The summed E-state index contributed by atoms with van der Waals surface area (Å²) in [5, 5.41) is 19.6. The van der Waals surface area contributed by atoms with Crippen LogP contribution < -0.4 is 0 Å². The third-order valence-electron chi connectivity index (χ3n) is 3.64. The van der Waals surface area contributed by atoms with Gasteiger partial charge in [0, 0.05) is 11.3 Å². The Morgan fingerprint density at radius 3 is 2.47 bits per heavy atom. The van der Waals surface area contributed by atoms with Gasteiger partial charge in [-0.05, 0) is 30.9 Å². The van der Waals surface area contributed by atoms with Crippen LogP contribution in [0.15, 0.2) is 23.7 Å². The summed E-state index contributed by atoms with van der Waals surface area (Å²) in [6.45, 7) is 8.34. The Hall–Kier alpha value is -0.920. The minimum Gasteiger partial charge on any atom is -0.512 e. The Balaban J connectivity index is 2.82. The van der Waals surface area contributed by atoms with Crippen LogP contribution in [0, 0.1) is 17.3 Å². The van der Waals surface area contributed by atoms with E-state index in [1.54, 1.807) is 12.2 Å². The summed E-state index contributed by atoms with van der Waals surface area (Å²) in [4.78, 5) is 0. The van der Waals surface area contributed by atoms with Crippen LogP contribution in [0.1, 0.15) is 40.5 Å². The van der Waals surface area contributed by atoms with Crippen molar-refractivity contribution >= 4 is 0 Å². The normalized spacial score (nSPS) is 31.4. The van der Waals surface area contributed by atoms with Crippen LogP contribution in [0.3, 0.4) is 0 Å². The highest BCUT2D eigenvalue weighted by Gasteiger charge is 2.39. The van der Waals surface area contributed by atoms with E-state index in [1.165, 1.54) is 0 Å². The largest absolute Gasteiger partial charge is 0.512 e. The topological polar surface area (TPSA) is 40.5 Å². The van der Waals surface area contributed by atoms with Crippen molar-refractivity contribution < 1.29 is 10.2 Å². The van der Waals surface area contributed by atoms with E-state index in [0.29, 0.717) is 17.4 Å².